The van der Waals surface area contributed by atoms with Crippen molar-refractivity contribution in [2.24, 2.45) is 0 Å². The monoisotopic (exact) mass is 466 g/mol. The highest BCUT2D eigenvalue weighted by atomic mass is 16.5. The zero-order valence-corrected chi connectivity index (χ0v) is 19.5. The van der Waals surface area contributed by atoms with Crippen molar-refractivity contribution in [3.63, 3.8) is 0 Å². The summed E-state index contributed by atoms with van der Waals surface area (Å²) in [5.74, 6) is 0.573. The van der Waals surface area contributed by atoms with Crippen LogP contribution in [0.3, 0.4) is 0 Å². The fourth-order valence-electron chi connectivity index (χ4n) is 5.42. The van der Waals surface area contributed by atoms with Crippen LogP contribution in [0.2, 0.25) is 0 Å². The predicted molar refractivity (Wildman–Crippen MR) is 132 cm³/mol. The number of hydrogen-bond acceptors (Lipinski definition) is 4. The minimum Gasteiger partial charge on any atom is -0.465 e. The lowest BCUT2D eigenvalue weighted by Crippen LogP contribution is -2.50. The van der Waals surface area contributed by atoms with E-state index in [1.165, 1.54) is 4.73 Å². The van der Waals surface area contributed by atoms with E-state index in [0.717, 1.165) is 76.3 Å². The number of amides is 1. The van der Waals surface area contributed by atoms with Crippen molar-refractivity contribution in [3.8, 4) is 33.6 Å². The molecule has 4 aromatic rings. The summed E-state index contributed by atoms with van der Waals surface area (Å²) in [6.45, 7) is 1.80. The van der Waals surface area contributed by atoms with E-state index in [0.29, 0.717) is 12.2 Å². The van der Waals surface area contributed by atoms with Crippen LogP contribution in [0.4, 0.5) is 4.79 Å². The number of aryl methyl sites for hydroxylation is 2. The number of benzene rings is 2. The van der Waals surface area contributed by atoms with E-state index in [1.54, 1.807) is 6.92 Å². The molecule has 1 amide bonds. The van der Waals surface area contributed by atoms with Gasteiger partial charge in [0.2, 0.25) is 0 Å². The van der Waals surface area contributed by atoms with E-state index in [9.17, 15) is 15.1 Å². The summed E-state index contributed by atoms with van der Waals surface area (Å²) >= 11 is 0. The third-order valence-corrected chi connectivity index (χ3v) is 7.41. The Hall–Kier alpha value is -4.13. The molecule has 0 saturated heterocycles. The van der Waals surface area contributed by atoms with Gasteiger partial charge < -0.3 is 15.6 Å². The molecule has 35 heavy (non-hydrogen) atoms. The van der Waals surface area contributed by atoms with Gasteiger partial charge in [-0.2, -0.15) is 4.73 Å². The van der Waals surface area contributed by atoms with Crippen molar-refractivity contribution in [1.82, 2.24) is 20.0 Å². The fourth-order valence-corrected chi connectivity index (χ4v) is 5.42. The second-order valence-electron chi connectivity index (χ2n) is 9.45. The average molecular weight is 467 g/mol. The van der Waals surface area contributed by atoms with Crippen molar-refractivity contribution in [1.29, 1.82) is 0 Å². The lowest BCUT2D eigenvalue weighted by atomic mass is 9.71. The fraction of sp³-hybridized carbons (Fsp3) is 0.250. The molecule has 1 fully saturated rings. The molecule has 2 heterocycles. The smallest absolute Gasteiger partial charge is 0.405 e. The first-order chi connectivity index (χ1) is 16.9. The van der Waals surface area contributed by atoms with Gasteiger partial charge in [0.05, 0.1) is 28.3 Å². The third kappa shape index (κ3) is 3.46. The molecule has 2 aromatic carbocycles. The summed E-state index contributed by atoms with van der Waals surface area (Å²) in [7, 11) is 0. The van der Waals surface area contributed by atoms with Crippen LogP contribution in [0, 0.1) is 6.92 Å². The zero-order chi connectivity index (χ0) is 24.2. The number of nitrogens with zero attached hydrogens (tertiary/aromatic N) is 3. The van der Waals surface area contributed by atoms with E-state index in [-0.39, 0.29) is 0 Å². The van der Waals surface area contributed by atoms with Gasteiger partial charge in [-0.1, -0.05) is 54.6 Å². The minimum absolute atomic E-state index is 0.493. The number of aromatic nitrogens is 3. The molecule has 0 spiro atoms. The second-order valence-corrected chi connectivity index (χ2v) is 9.45. The first-order valence-electron chi connectivity index (χ1n) is 11.9. The van der Waals surface area contributed by atoms with Crippen LogP contribution in [0.15, 0.2) is 60.7 Å². The molecule has 0 radical (unpaired) electrons. The van der Waals surface area contributed by atoms with Crippen molar-refractivity contribution >= 4 is 6.09 Å². The second kappa shape index (κ2) is 7.98. The molecular formula is C28H26N4O3. The lowest BCUT2D eigenvalue weighted by molar-refractivity contribution is 0.144. The van der Waals surface area contributed by atoms with Gasteiger partial charge in [-0.15, -0.1) is 0 Å². The van der Waals surface area contributed by atoms with Gasteiger partial charge in [0.25, 0.3) is 0 Å². The number of carboxylic acid groups (broad SMARTS) is 1. The lowest BCUT2D eigenvalue weighted by Gasteiger charge is -2.42. The molecule has 2 aromatic heterocycles. The van der Waals surface area contributed by atoms with Gasteiger partial charge in [-0.3, -0.25) is 4.98 Å². The summed E-state index contributed by atoms with van der Waals surface area (Å²) in [6, 6.07) is 20.4. The van der Waals surface area contributed by atoms with Crippen LogP contribution in [0.25, 0.3) is 33.6 Å². The molecular weight excluding hydrogens is 440 g/mol. The van der Waals surface area contributed by atoms with E-state index in [4.69, 9.17) is 4.98 Å². The predicted octanol–water partition coefficient (Wildman–Crippen LogP) is 5.57. The normalized spacial score (nSPS) is 15.6. The molecule has 6 rings (SSSR count). The van der Waals surface area contributed by atoms with Crippen molar-refractivity contribution in [2.45, 2.75) is 44.6 Å². The summed E-state index contributed by atoms with van der Waals surface area (Å²) in [5.41, 5.74) is 7.96. The van der Waals surface area contributed by atoms with Gasteiger partial charge in [-0.25, -0.2) is 9.78 Å². The highest BCUT2D eigenvalue weighted by Gasteiger charge is 2.40. The van der Waals surface area contributed by atoms with E-state index in [1.807, 2.05) is 42.5 Å². The van der Waals surface area contributed by atoms with Crippen LogP contribution in [0.1, 0.15) is 42.0 Å². The van der Waals surface area contributed by atoms with Crippen LogP contribution in [-0.4, -0.2) is 31.1 Å². The molecule has 0 aliphatic heterocycles. The Morgan fingerprint density at radius 3 is 2.34 bits per heavy atom. The SMILES string of the molecule is Cc1nc2c(n1O)CCc1nc(-c3ccc(C4(NC(=O)O)CCC4)cc3)c(-c3ccccc3)cc1-2. The number of pyridine rings is 1. The number of carbonyl (C=O) groups is 1. The number of imidazole rings is 1. The number of fused-ring (bicyclic) bond motifs is 3. The molecule has 0 unspecified atom stereocenters. The van der Waals surface area contributed by atoms with Crippen molar-refractivity contribution < 1.29 is 15.1 Å². The Kier molecular flexibility index (Phi) is 4.88. The topological polar surface area (TPSA) is 100 Å². The standard InChI is InChI=1S/C28H26N4O3/c1-17-29-26-22-16-21(18-6-3-2-4-7-18)25(30-23(22)12-13-24(26)32(17)35)19-8-10-20(11-9-19)28(14-5-15-28)31-27(33)34/h2-4,6-11,16,31,35H,5,12-15H2,1H3,(H,33,34). The molecule has 3 N–H and O–H groups in total. The minimum atomic E-state index is -0.989. The zero-order valence-electron chi connectivity index (χ0n) is 19.5. The molecule has 2 aliphatic rings. The first kappa shape index (κ1) is 21.4. The highest BCUT2D eigenvalue weighted by molar-refractivity contribution is 5.85. The summed E-state index contributed by atoms with van der Waals surface area (Å²) in [6.07, 6.45) is 3.04. The third-order valence-electron chi connectivity index (χ3n) is 7.41. The van der Waals surface area contributed by atoms with Crippen molar-refractivity contribution in [2.75, 3.05) is 0 Å². The van der Waals surface area contributed by atoms with E-state index < -0.39 is 11.6 Å². The molecule has 1 saturated carbocycles. The molecule has 7 nitrogen and oxygen atoms in total. The number of rotatable bonds is 4. The maximum absolute atomic E-state index is 11.4. The Balaban J connectivity index is 1.48. The van der Waals surface area contributed by atoms with Gasteiger partial charge in [0, 0.05) is 16.7 Å². The number of hydrogen-bond donors (Lipinski definition) is 3. The van der Waals surface area contributed by atoms with Gasteiger partial charge >= 0.3 is 6.09 Å². The van der Waals surface area contributed by atoms with Crippen LogP contribution in [0.5, 0.6) is 0 Å². The molecule has 0 atom stereocenters. The Morgan fingerprint density at radius 1 is 0.943 bits per heavy atom. The maximum Gasteiger partial charge on any atom is 0.405 e. The first-order valence-corrected chi connectivity index (χ1v) is 11.9. The maximum atomic E-state index is 11.4. The highest BCUT2D eigenvalue weighted by Crippen LogP contribution is 2.43. The van der Waals surface area contributed by atoms with Crippen LogP contribution in [-0.2, 0) is 18.4 Å². The van der Waals surface area contributed by atoms with Gasteiger partial charge in [0.15, 0.2) is 0 Å². The quantitative estimate of drug-likeness (QED) is 0.342. The van der Waals surface area contributed by atoms with E-state index in [2.05, 4.69) is 28.5 Å². The Bertz CT molecular complexity index is 1440. The molecule has 2 aliphatic carbocycles. The van der Waals surface area contributed by atoms with Gasteiger partial charge in [-0.05, 0) is 56.2 Å². The molecule has 0 bridgehead atoms. The Labute approximate surface area is 203 Å². The average Bonchev–Trinajstić information content (AvgIpc) is 3.15. The van der Waals surface area contributed by atoms with Crippen LogP contribution >= 0.6 is 0 Å². The van der Waals surface area contributed by atoms with Crippen molar-refractivity contribution in [3.05, 3.63) is 83.4 Å². The molecule has 176 valence electrons. The Morgan fingerprint density at radius 2 is 1.69 bits per heavy atom. The summed E-state index contributed by atoms with van der Waals surface area (Å²) in [5, 5.41) is 22.5. The summed E-state index contributed by atoms with van der Waals surface area (Å²) in [4.78, 5) is 21.1. The molecule has 7 heteroatoms. The van der Waals surface area contributed by atoms with E-state index >= 15 is 0 Å². The van der Waals surface area contributed by atoms with Crippen LogP contribution < -0.4 is 5.32 Å². The summed E-state index contributed by atoms with van der Waals surface area (Å²) < 4.78 is 1.19. The van der Waals surface area contributed by atoms with Gasteiger partial charge in [0.1, 0.15) is 5.82 Å². The number of nitrogens with one attached hydrogen (secondary N) is 1. The largest absolute Gasteiger partial charge is 0.465 e.